The minimum Gasteiger partial charge on any atom is -0.369 e. The number of benzene rings is 1. The van der Waals surface area contributed by atoms with Crippen LogP contribution in [0.3, 0.4) is 0 Å². The maximum atomic E-state index is 13.0. The van der Waals surface area contributed by atoms with Gasteiger partial charge in [0.2, 0.25) is 11.8 Å². The normalized spacial score (nSPS) is 23.8. The molecule has 2 aromatic rings. The number of hydrogen-bond acceptors (Lipinski definition) is 7. The van der Waals surface area contributed by atoms with Crippen molar-refractivity contribution in [1.82, 2.24) is 20.3 Å². The summed E-state index contributed by atoms with van der Waals surface area (Å²) in [6.45, 7) is 7.90. The van der Waals surface area contributed by atoms with E-state index in [0.29, 0.717) is 44.2 Å². The van der Waals surface area contributed by atoms with Crippen LogP contribution >= 0.6 is 0 Å². The molecule has 0 spiro atoms. The number of rotatable bonds is 8. The van der Waals surface area contributed by atoms with E-state index in [1.807, 2.05) is 4.90 Å². The number of anilines is 1. The third kappa shape index (κ3) is 6.70. The first-order chi connectivity index (χ1) is 18.0. The predicted octanol–water partition coefficient (Wildman–Crippen LogP) is 1.88. The second-order valence-corrected chi connectivity index (χ2v) is 10.9. The number of carbonyl (C=O) groups excluding carboxylic acids is 2. The molecule has 0 aliphatic carbocycles. The van der Waals surface area contributed by atoms with Crippen LogP contribution in [0.4, 0.5) is 5.69 Å². The second-order valence-electron chi connectivity index (χ2n) is 10.9. The molecule has 3 fully saturated rings. The highest BCUT2D eigenvalue weighted by Crippen LogP contribution is 2.28. The number of para-hydroxylation sites is 1. The minimum atomic E-state index is -0.244. The fraction of sp³-hybridized carbons (Fsp3) is 0.607. The number of nitrogens with zero attached hydrogens (tertiary/aromatic N) is 4. The van der Waals surface area contributed by atoms with Crippen molar-refractivity contribution in [2.75, 3.05) is 57.3 Å². The molecule has 0 saturated carbocycles. The number of nitrogens with one attached hydrogen (secondary N) is 1. The van der Waals surface area contributed by atoms with Gasteiger partial charge in [0.15, 0.2) is 5.76 Å². The number of piperidine rings is 2. The summed E-state index contributed by atoms with van der Waals surface area (Å²) >= 11 is 0. The molecule has 3 saturated heterocycles. The summed E-state index contributed by atoms with van der Waals surface area (Å²) in [4.78, 5) is 31.2. The zero-order valence-electron chi connectivity index (χ0n) is 21.7. The van der Waals surface area contributed by atoms with E-state index in [0.717, 1.165) is 70.1 Å². The minimum absolute atomic E-state index is 0.0928. The van der Waals surface area contributed by atoms with E-state index in [1.54, 1.807) is 0 Å². The van der Waals surface area contributed by atoms with Crippen molar-refractivity contribution >= 4 is 17.5 Å². The molecule has 5 rings (SSSR count). The molecule has 0 radical (unpaired) electrons. The summed E-state index contributed by atoms with van der Waals surface area (Å²) in [6, 6.07) is 12.7. The lowest BCUT2D eigenvalue weighted by atomic mass is 9.80. The van der Waals surface area contributed by atoms with Crippen LogP contribution in [0.25, 0.3) is 0 Å². The Kier molecular flexibility index (Phi) is 8.41. The van der Waals surface area contributed by atoms with Crippen molar-refractivity contribution < 1.29 is 14.1 Å². The predicted molar refractivity (Wildman–Crippen MR) is 142 cm³/mol. The molecule has 4 heterocycles. The van der Waals surface area contributed by atoms with E-state index < -0.39 is 0 Å². The lowest BCUT2D eigenvalue weighted by Gasteiger charge is -2.35. The third-order valence-electron chi connectivity index (χ3n) is 8.40. The molecule has 0 unspecified atom stereocenters. The van der Waals surface area contributed by atoms with Crippen LogP contribution in [0.1, 0.15) is 37.1 Å². The second kappa shape index (κ2) is 12.1. The first kappa shape index (κ1) is 25.7. The Labute approximate surface area is 219 Å². The van der Waals surface area contributed by atoms with E-state index in [4.69, 9.17) is 10.3 Å². The maximum absolute atomic E-state index is 13.0. The molecule has 3 N–H and O–H groups in total. The molecular weight excluding hydrogens is 468 g/mol. The number of likely N-dealkylation sites (tertiary alicyclic amines) is 1. The van der Waals surface area contributed by atoms with Crippen LogP contribution in [0, 0.1) is 17.8 Å². The first-order valence-corrected chi connectivity index (χ1v) is 13.8. The highest BCUT2D eigenvalue weighted by Gasteiger charge is 2.32. The van der Waals surface area contributed by atoms with Gasteiger partial charge in [0.25, 0.3) is 0 Å². The van der Waals surface area contributed by atoms with E-state index in [1.165, 1.54) is 5.69 Å². The molecule has 9 heteroatoms. The molecule has 2 amide bonds. The van der Waals surface area contributed by atoms with Gasteiger partial charge in [-0.2, -0.15) is 0 Å². The fourth-order valence-electron chi connectivity index (χ4n) is 6.07. The fourth-order valence-corrected chi connectivity index (χ4v) is 6.07. The maximum Gasteiger partial charge on any atom is 0.222 e. The lowest BCUT2D eigenvalue weighted by molar-refractivity contribution is -0.136. The monoisotopic (exact) mass is 508 g/mol. The van der Waals surface area contributed by atoms with Crippen molar-refractivity contribution in [2.24, 2.45) is 23.5 Å². The molecule has 9 nitrogen and oxygen atoms in total. The molecule has 1 aromatic carbocycles. The Morgan fingerprint density at radius 1 is 1.00 bits per heavy atom. The first-order valence-electron chi connectivity index (χ1n) is 13.8. The van der Waals surface area contributed by atoms with Crippen LogP contribution in [-0.2, 0) is 22.6 Å². The van der Waals surface area contributed by atoms with Gasteiger partial charge in [0, 0.05) is 63.4 Å². The van der Waals surface area contributed by atoms with Gasteiger partial charge in [-0.05, 0) is 62.7 Å². The van der Waals surface area contributed by atoms with Crippen molar-refractivity contribution in [3.05, 3.63) is 47.9 Å². The van der Waals surface area contributed by atoms with Crippen LogP contribution < -0.4 is 16.0 Å². The summed E-state index contributed by atoms with van der Waals surface area (Å²) in [5, 5.41) is 7.89. The Morgan fingerprint density at radius 2 is 1.76 bits per heavy atom. The molecule has 1 aromatic heterocycles. The number of carbonyl (C=O) groups is 2. The third-order valence-corrected chi connectivity index (χ3v) is 8.40. The Hall–Kier alpha value is -2.91. The Balaban J connectivity index is 1.10. The number of piperazine rings is 1. The van der Waals surface area contributed by atoms with Crippen molar-refractivity contribution in [3.8, 4) is 0 Å². The quantitative estimate of drug-likeness (QED) is 0.561. The molecule has 3 aliphatic rings. The van der Waals surface area contributed by atoms with Crippen molar-refractivity contribution in [3.63, 3.8) is 0 Å². The molecule has 0 bridgehead atoms. The van der Waals surface area contributed by atoms with Gasteiger partial charge < -0.3 is 25.4 Å². The average molecular weight is 509 g/mol. The van der Waals surface area contributed by atoms with Gasteiger partial charge in [0.05, 0.1) is 12.2 Å². The average Bonchev–Trinajstić information content (AvgIpc) is 3.37. The number of aromatic nitrogens is 1. The van der Waals surface area contributed by atoms with Crippen LogP contribution in [0.15, 0.2) is 40.9 Å². The van der Waals surface area contributed by atoms with Crippen molar-refractivity contribution in [1.29, 1.82) is 0 Å². The summed E-state index contributed by atoms with van der Waals surface area (Å²) < 4.78 is 5.72. The molecule has 2 atom stereocenters. The summed E-state index contributed by atoms with van der Waals surface area (Å²) in [5.41, 5.74) is 7.71. The van der Waals surface area contributed by atoms with Crippen LogP contribution in [0.5, 0.6) is 0 Å². The van der Waals surface area contributed by atoms with Gasteiger partial charge in [0.1, 0.15) is 0 Å². The number of amides is 2. The smallest absolute Gasteiger partial charge is 0.222 e. The van der Waals surface area contributed by atoms with Crippen molar-refractivity contribution in [2.45, 2.75) is 38.6 Å². The van der Waals surface area contributed by atoms with Crippen LogP contribution in [0.2, 0.25) is 0 Å². The summed E-state index contributed by atoms with van der Waals surface area (Å²) in [6.07, 6.45) is 3.73. The van der Waals surface area contributed by atoms with Gasteiger partial charge in [-0.3, -0.25) is 14.5 Å². The zero-order valence-corrected chi connectivity index (χ0v) is 21.7. The number of primary amides is 1. The van der Waals surface area contributed by atoms with E-state index in [-0.39, 0.29) is 17.7 Å². The zero-order chi connectivity index (χ0) is 25.6. The van der Waals surface area contributed by atoms with E-state index in [9.17, 15) is 9.59 Å². The summed E-state index contributed by atoms with van der Waals surface area (Å²) in [5.74, 6) is 1.46. The SMILES string of the molecule is NC(=O)C1CCN(C(=O)C[C@@H]2CCNC[C@H]2Cc2cc(CN3CCN(c4ccccc4)CC3)on2)CC1. The van der Waals surface area contributed by atoms with Gasteiger partial charge in [-0.15, -0.1) is 0 Å². The van der Waals surface area contributed by atoms with Gasteiger partial charge in [-0.25, -0.2) is 0 Å². The molecule has 37 heavy (non-hydrogen) atoms. The standard InChI is InChI=1S/C28H40N6O3/c29-28(36)21-7-10-34(11-8-21)27(35)17-22-6-9-30-19-23(22)16-24-18-26(37-31-24)20-32-12-14-33(15-13-32)25-4-2-1-3-5-25/h1-5,18,21-23,30H,6-17,19-20H2,(H2,29,36)/t22-,23+/m0/s1. The number of hydrogen-bond donors (Lipinski definition) is 2. The highest BCUT2D eigenvalue weighted by atomic mass is 16.5. The molecule has 200 valence electrons. The largest absolute Gasteiger partial charge is 0.369 e. The Morgan fingerprint density at radius 3 is 2.49 bits per heavy atom. The highest BCUT2D eigenvalue weighted by molar-refractivity contribution is 5.79. The number of nitrogens with two attached hydrogens (primary N) is 1. The lowest BCUT2D eigenvalue weighted by Crippen LogP contribution is -2.45. The van der Waals surface area contributed by atoms with Crippen LogP contribution in [-0.4, -0.2) is 79.1 Å². The van der Waals surface area contributed by atoms with Gasteiger partial charge >= 0.3 is 0 Å². The summed E-state index contributed by atoms with van der Waals surface area (Å²) in [7, 11) is 0. The van der Waals surface area contributed by atoms with Gasteiger partial charge in [-0.1, -0.05) is 23.4 Å². The topological polar surface area (TPSA) is 108 Å². The molecular formula is C28H40N6O3. The van der Waals surface area contributed by atoms with E-state index in [2.05, 4.69) is 56.7 Å². The Bertz CT molecular complexity index is 1030. The molecule has 3 aliphatic heterocycles. The van der Waals surface area contributed by atoms with E-state index >= 15 is 0 Å².